The Morgan fingerprint density at radius 2 is 1.68 bits per heavy atom. The highest BCUT2D eigenvalue weighted by Crippen LogP contribution is 2.16. The number of carboxylic acids is 1. The molecule has 0 saturated carbocycles. The summed E-state index contributed by atoms with van der Waals surface area (Å²) in [6, 6.07) is 8.42. The molecule has 1 N–H and O–H groups in total. The van der Waals surface area contributed by atoms with E-state index in [0.717, 1.165) is 9.80 Å². The second kappa shape index (κ2) is 6.84. The fourth-order valence-electron chi connectivity index (χ4n) is 2.28. The van der Waals surface area contributed by atoms with Crippen molar-refractivity contribution in [2.24, 2.45) is 0 Å². The van der Waals surface area contributed by atoms with E-state index in [-0.39, 0.29) is 37.6 Å². The summed E-state index contributed by atoms with van der Waals surface area (Å²) >= 11 is 0. The Kier molecular flexibility index (Phi) is 4.88. The maximum Gasteiger partial charge on any atom is 0.323 e. The predicted molar refractivity (Wildman–Crippen MR) is 77.0 cm³/mol. The lowest BCUT2D eigenvalue weighted by atomic mass is 10.2. The van der Waals surface area contributed by atoms with E-state index in [1.807, 2.05) is 0 Å². The zero-order valence-electron chi connectivity index (χ0n) is 11.9. The van der Waals surface area contributed by atoms with E-state index < -0.39 is 18.4 Å². The van der Waals surface area contributed by atoms with E-state index in [1.165, 1.54) is 0 Å². The van der Waals surface area contributed by atoms with Crippen molar-refractivity contribution in [3.63, 3.8) is 0 Å². The summed E-state index contributed by atoms with van der Waals surface area (Å²) in [5, 5.41) is 8.95. The summed E-state index contributed by atoms with van der Waals surface area (Å²) in [7, 11) is 0. The first-order valence-electron chi connectivity index (χ1n) is 6.89. The molecule has 0 radical (unpaired) electrons. The summed E-state index contributed by atoms with van der Waals surface area (Å²) in [6.07, 6.45) is 0.245. The summed E-state index contributed by atoms with van der Waals surface area (Å²) in [4.78, 5) is 48.4. The third kappa shape index (κ3) is 3.69. The first-order chi connectivity index (χ1) is 10.5. The van der Waals surface area contributed by atoms with Crippen LogP contribution in [0.1, 0.15) is 19.3 Å². The standard InChI is InChI=1S/C15H16N2O5/c18-12-6-7-13(19)16(12)9-8-14(20)17(10-15(21)22)11-4-2-1-3-5-11/h1-5H,6-10H2,(H,21,22). The molecule has 0 aromatic heterocycles. The quantitative estimate of drug-likeness (QED) is 0.778. The largest absolute Gasteiger partial charge is 0.480 e. The molecule has 0 bridgehead atoms. The van der Waals surface area contributed by atoms with Gasteiger partial charge in [0.15, 0.2) is 0 Å². The minimum Gasteiger partial charge on any atom is -0.480 e. The average Bonchev–Trinajstić information content (AvgIpc) is 2.82. The molecule has 1 aromatic rings. The topological polar surface area (TPSA) is 95.0 Å². The Morgan fingerprint density at radius 3 is 2.23 bits per heavy atom. The second-order valence-corrected chi connectivity index (χ2v) is 4.90. The molecule has 7 nitrogen and oxygen atoms in total. The number of anilines is 1. The molecule has 0 aliphatic carbocycles. The van der Waals surface area contributed by atoms with Crippen molar-refractivity contribution >= 4 is 29.4 Å². The highest BCUT2D eigenvalue weighted by Gasteiger charge is 2.29. The molecule has 1 fully saturated rings. The number of hydrogen-bond donors (Lipinski definition) is 1. The van der Waals surface area contributed by atoms with Crippen molar-refractivity contribution in [3.8, 4) is 0 Å². The molecule has 2 rings (SSSR count). The minimum atomic E-state index is -1.13. The molecule has 1 aliphatic heterocycles. The van der Waals surface area contributed by atoms with Gasteiger partial charge in [0.05, 0.1) is 0 Å². The number of hydrogen-bond acceptors (Lipinski definition) is 4. The van der Waals surface area contributed by atoms with Gasteiger partial charge in [-0.2, -0.15) is 0 Å². The van der Waals surface area contributed by atoms with Crippen molar-refractivity contribution in [2.75, 3.05) is 18.0 Å². The number of amides is 3. The van der Waals surface area contributed by atoms with Crippen molar-refractivity contribution in [1.82, 2.24) is 4.90 Å². The Morgan fingerprint density at radius 1 is 1.09 bits per heavy atom. The van der Waals surface area contributed by atoms with Crippen LogP contribution in [0.15, 0.2) is 30.3 Å². The normalized spacial score (nSPS) is 14.3. The zero-order valence-corrected chi connectivity index (χ0v) is 11.9. The summed E-state index contributed by atoms with van der Waals surface area (Å²) < 4.78 is 0. The molecule has 116 valence electrons. The molecule has 1 aliphatic rings. The summed E-state index contributed by atoms with van der Waals surface area (Å²) in [6.45, 7) is -0.482. The van der Waals surface area contributed by atoms with Gasteiger partial charge in [0.1, 0.15) is 6.54 Å². The van der Waals surface area contributed by atoms with Crippen LogP contribution in [-0.2, 0) is 19.2 Å². The number of carboxylic acid groups (broad SMARTS) is 1. The molecular weight excluding hydrogens is 288 g/mol. The molecule has 1 saturated heterocycles. The molecule has 0 atom stereocenters. The van der Waals surface area contributed by atoms with Gasteiger partial charge in [-0.3, -0.25) is 24.1 Å². The third-order valence-corrected chi connectivity index (χ3v) is 3.37. The number of carbonyl (C=O) groups is 4. The number of rotatable bonds is 6. The van der Waals surface area contributed by atoms with E-state index in [2.05, 4.69) is 0 Å². The molecule has 3 amide bonds. The first kappa shape index (κ1) is 15.7. The predicted octanol–water partition coefficient (Wildman–Crippen LogP) is 0.643. The molecular formula is C15H16N2O5. The van der Waals surface area contributed by atoms with Gasteiger partial charge in [-0.05, 0) is 12.1 Å². The highest BCUT2D eigenvalue weighted by molar-refractivity contribution is 6.03. The van der Waals surface area contributed by atoms with Crippen LogP contribution in [0.2, 0.25) is 0 Å². The van der Waals surface area contributed by atoms with E-state index in [0.29, 0.717) is 5.69 Å². The van der Waals surface area contributed by atoms with Crippen LogP contribution >= 0.6 is 0 Å². The number of para-hydroxylation sites is 1. The van der Waals surface area contributed by atoms with Gasteiger partial charge in [-0.15, -0.1) is 0 Å². The Balaban J connectivity index is 2.04. The number of nitrogens with zero attached hydrogens (tertiary/aromatic N) is 2. The number of aliphatic carboxylic acids is 1. The third-order valence-electron chi connectivity index (χ3n) is 3.37. The average molecular weight is 304 g/mol. The monoisotopic (exact) mass is 304 g/mol. The molecule has 7 heteroatoms. The fraction of sp³-hybridized carbons (Fsp3) is 0.333. The lowest BCUT2D eigenvalue weighted by Crippen LogP contribution is -2.39. The van der Waals surface area contributed by atoms with Gasteiger partial charge in [-0.1, -0.05) is 18.2 Å². The lowest BCUT2D eigenvalue weighted by Gasteiger charge is -2.22. The number of likely N-dealkylation sites (tertiary alicyclic amines) is 1. The summed E-state index contributed by atoms with van der Waals surface area (Å²) in [5.74, 6) is -2.16. The second-order valence-electron chi connectivity index (χ2n) is 4.90. The van der Waals surface area contributed by atoms with Crippen LogP contribution in [0.25, 0.3) is 0 Å². The van der Waals surface area contributed by atoms with E-state index in [1.54, 1.807) is 30.3 Å². The van der Waals surface area contributed by atoms with Gasteiger partial charge < -0.3 is 10.0 Å². The van der Waals surface area contributed by atoms with E-state index in [9.17, 15) is 19.2 Å². The molecule has 0 spiro atoms. The van der Waals surface area contributed by atoms with Crippen LogP contribution in [0.5, 0.6) is 0 Å². The molecule has 1 aromatic carbocycles. The smallest absolute Gasteiger partial charge is 0.323 e. The Labute approximate surface area is 127 Å². The van der Waals surface area contributed by atoms with Gasteiger partial charge >= 0.3 is 5.97 Å². The van der Waals surface area contributed by atoms with Crippen molar-refractivity contribution < 1.29 is 24.3 Å². The number of carbonyl (C=O) groups excluding carboxylic acids is 3. The highest BCUT2D eigenvalue weighted by atomic mass is 16.4. The van der Waals surface area contributed by atoms with Crippen LogP contribution in [0, 0.1) is 0 Å². The van der Waals surface area contributed by atoms with E-state index >= 15 is 0 Å². The van der Waals surface area contributed by atoms with E-state index in [4.69, 9.17) is 5.11 Å². The van der Waals surface area contributed by atoms with Crippen LogP contribution in [0.3, 0.4) is 0 Å². The van der Waals surface area contributed by atoms with Gasteiger partial charge in [0.2, 0.25) is 17.7 Å². The van der Waals surface area contributed by atoms with Crippen LogP contribution in [-0.4, -0.2) is 46.8 Å². The minimum absolute atomic E-state index is 0.0144. The van der Waals surface area contributed by atoms with Crippen LogP contribution < -0.4 is 4.90 Å². The number of benzene rings is 1. The first-order valence-corrected chi connectivity index (χ1v) is 6.89. The molecule has 22 heavy (non-hydrogen) atoms. The zero-order chi connectivity index (χ0) is 16.1. The van der Waals surface area contributed by atoms with Gasteiger partial charge in [-0.25, -0.2) is 0 Å². The van der Waals surface area contributed by atoms with Crippen molar-refractivity contribution in [2.45, 2.75) is 19.3 Å². The van der Waals surface area contributed by atoms with Crippen molar-refractivity contribution in [3.05, 3.63) is 30.3 Å². The fourth-order valence-corrected chi connectivity index (χ4v) is 2.28. The molecule has 0 unspecified atom stereocenters. The maximum absolute atomic E-state index is 12.3. The van der Waals surface area contributed by atoms with Gasteiger partial charge in [0.25, 0.3) is 0 Å². The van der Waals surface area contributed by atoms with Gasteiger partial charge in [0, 0.05) is 31.5 Å². The molecule has 1 heterocycles. The Hall–Kier alpha value is -2.70. The summed E-state index contributed by atoms with van der Waals surface area (Å²) in [5.41, 5.74) is 0.467. The SMILES string of the molecule is O=C(O)CN(C(=O)CCN1C(=O)CCC1=O)c1ccccc1. The Bertz CT molecular complexity index is 583. The lowest BCUT2D eigenvalue weighted by molar-refractivity contribution is -0.139. The maximum atomic E-state index is 12.3. The van der Waals surface area contributed by atoms with Crippen LogP contribution in [0.4, 0.5) is 5.69 Å². The van der Waals surface area contributed by atoms with Crippen molar-refractivity contribution in [1.29, 1.82) is 0 Å². The number of imide groups is 1.